The van der Waals surface area contributed by atoms with Gasteiger partial charge in [0.1, 0.15) is 17.2 Å². The number of hydrogen-bond acceptors (Lipinski definition) is 4. The summed E-state index contributed by atoms with van der Waals surface area (Å²) in [5.41, 5.74) is 0.502. The summed E-state index contributed by atoms with van der Waals surface area (Å²) in [5, 5.41) is 28.4. The van der Waals surface area contributed by atoms with Crippen LogP contribution in [-0.2, 0) is 0 Å². The van der Waals surface area contributed by atoms with Crippen LogP contribution >= 0.6 is 0 Å². The van der Waals surface area contributed by atoms with Crippen LogP contribution in [0.25, 0.3) is 6.08 Å². The van der Waals surface area contributed by atoms with Gasteiger partial charge in [-0.05, 0) is 42.5 Å². The standard InChI is InChI=1S/C15H12O4/c16-11-6-8-13(17)10(9-11)5-7-15(19)12-3-1-2-4-14(12)18/h1-9,16-18H. The van der Waals surface area contributed by atoms with Gasteiger partial charge in [0.05, 0.1) is 5.56 Å². The van der Waals surface area contributed by atoms with Crippen LogP contribution in [0.1, 0.15) is 15.9 Å². The maximum absolute atomic E-state index is 11.8. The number of para-hydroxylation sites is 1. The van der Waals surface area contributed by atoms with E-state index >= 15 is 0 Å². The van der Waals surface area contributed by atoms with Crippen LogP contribution in [0, 0.1) is 0 Å². The topological polar surface area (TPSA) is 77.8 Å². The molecule has 2 aromatic carbocycles. The van der Waals surface area contributed by atoms with Crippen LogP contribution in [0.5, 0.6) is 17.2 Å². The second-order valence-electron chi connectivity index (χ2n) is 3.96. The predicted octanol–water partition coefficient (Wildman–Crippen LogP) is 2.70. The number of allylic oxidation sites excluding steroid dienone is 1. The highest BCUT2D eigenvalue weighted by molar-refractivity contribution is 6.08. The summed E-state index contributed by atoms with van der Waals surface area (Å²) in [6.45, 7) is 0. The van der Waals surface area contributed by atoms with E-state index in [1.165, 1.54) is 42.5 Å². The first-order valence-corrected chi connectivity index (χ1v) is 5.60. The lowest BCUT2D eigenvalue weighted by Gasteiger charge is -2.01. The molecule has 0 aromatic heterocycles. The van der Waals surface area contributed by atoms with Crippen molar-refractivity contribution in [1.82, 2.24) is 0 Å². The van der Waals surface area contributed by atoms with E-state index in [4.69, 9.17) is 0 Å². The van der Waals surface area contributed by atoms with Gasteiger partial charge in [-0.1, -0.05) is 12.1 Å². The van der Waals surface area contributed by atoms with Gasteiger partial charge >= 0.3 is 0 Å². The zero-order valence-electron chi connectivity index (χ0n) is 9.95. The van der Waals surface area contributed by atoms with Crippen molar-refractivity contribution >= 4 is 11.9 Å². The minimum atomic E-state index is -0.388. The van der Waals surface area contributed by atoms with E-state index in [0.717, 1.165) is 0 Å². The molecule has 96 valence electrons. The maximum Gasteiger partial charge on any atom is 0.189 e. The number of phenols is 3. The van der Waals surface area contributed by atoms with E-state index in [9.17, 15) is 20.1 Å². The fourth-order valence-corrected chi connectivity index (χ4v) is 1.61. The third kappa shape index (κ3) is 2.93. The third-order valence-electron chi connectivity index (χ3n) is 2.59. The summed E-state index contributed by atoms with van der Waals surface area (Å²) in [7, 11) is 0. The number of rotatable bonds is 3. The highest BCUT2D eigenvalue weighted by Crippen LogP contribution is 2.24. The van der Waals surface area contributed by atoms with Gasteiger partial charge in [-0.25, -0.2) is 0 Å². The molecular formula is C15H12O4. The normalized spacial score (nSPS) is 10.7. The van der Waals surface area contributed by atoms with E-state index < -0.39 is 0 Å². The number of phenolic OH excluding ortho intramolecular Hbond substituents is 3. The number of ketones is 1. The minimum Gasteiger partial charge on any atom is -0.508 e. The van der Waals surface area contributed by atoms with Crippen molar-refractivity contribution in [1.29, 1.82) is 0 Å². The van der Waals surface area contributed by atoms with Crippen molar-refractivity contribution in [2.45, 2.75) is 0 Å². The highest BCUT2D eigenvalue weighted by atomic mass is 16.3. The molecule has 2 rings (SSSR count). The Morgan fingerprint density at radius 1 is 0.947 bits per heavy atom. The molecule has 2 aromatic rings. The molecule has 0 fully saturated rings. The van der Waals surface area contributed by atoms with Crippen LogP contribution in [0.2, 0.25) is 0 Å². The van der Waals surface area contributed by atoms with Crippen LogP contribution in [-0.4, -0.2) is 21.1 Å². The molecule has 0 aliphatic heterocycles. The van der Waals surface area contributed by atoms with Crippen molar-refractivity contribution in [3.63, 3.8) is 0 Å². The molecule has 0 amide bonds. The Morgan fingerprint density at radius 2 is 1.68 bits per heavy atom. The number of carbonyl (C=O) groups is 1. The van der Waals surface area contributed by atoms with Gasteiger partial charge in [-0.3, -0.25) is 4.79 Å². The SMILES string of the molecule is O=C(C=Cc1cc(O)ccc1O)c1ccccc1O. The number of carbonyl (C=O) groups excluding carboxylic acids is 1. The van der Waals surface area contributed by atoms with Crippen molar-refractivity contribution in [2.24, 2.45) is 0 Å². The van der Waals surface area contributed by atoms with Crippen molar-refractivity contribution in [3.05, 3.63) is 59.7 Å². The van der Waals surface area contributed by atoms with Gasteiger partial charge in [0, 0.05) is 5.56 Å². The Kier molecular flexibility index (Phi) is 3.52. The zero-order chi connectivity index (χ0) is 13.8. The van der Waals surface area contributed by atoms with Crippen LogP contribution in [0.4, 0.5) is 0 Å². The minimum absolute atomic E-state index is 0.00698. The average molecular weight is 256 g/mol. The Hall–Kier alpha value is -2.75. The molecule has 19 heavy (non-hydrogen) atoms. The fourth-order valence-electron chi connectivity index (χ4n) is 1.61. The summed E-state index contributed by atoms with van der Waals surface area (Å²) >= 11 is 0. The molecule has 0 aliphatic rings. The molecule has 0 spiro atoms. The van der Waals surface area contributed by atoms with Crippen LogP contribution in [0.15, 0.2) is 48.5 Å². The van der Waals surface area contributed by atoms with Crippen LogP contribution in [0.3, 0.4) is 0 Å². The molecule has 0 radical (unpaired) electrons. The number of hydrogen-bond donors (Lipinski definition) is 3. The molecule has 0 aliphatic carbocycles. The van der Waals surface area contributed by atoms with Gasteiger partial charge in [-0.2, -0.15) is 0 Å². The zero-order valence-corrected chi connectivity index (χ0v) is 9.95. The lowest BCUT2D eigenvalue weighted by Crippen LogP contribution is -1.94. The molecule has 4 heteroatoms. The fraction of sp³-hybridized carbons (Fsp3) is 0. The number of aromatic hydroxyl groups is 3. The molecule has 4 nitrogen and oxygen atoms in total. The van der Waals surface area contributed by atoms with E-state index in [1.807, 2.05) is 0 Å². The predicted molar refractivity (Wildman–Crippen MR) is 71.2 cm³/mol. The van der Waals surface area contributed by atoms with E-state index in [2.05, 4.69) is 0 Å². The molecule has 0 bridgehead atoms. The van der Waals surface area contributed by atoms with Crippen molar-refractivity contribution < 1.29 is 20.1 Å². The quantitative estimate of drug-likeness (QED) is 0.448. The maximum atomic E-state index is 11.8. The Balaban J connectivity index is 2.26. The lowest BCUT2D eigenvalue weighted by molar-refractivity contribution is 0.104. The van der Waals surface area contributed by atoms with Gasteiger partial charge in [0.15, 0.2) is 5.78 Å². The first kappa shape index (κ1) is 12.7. The highest BCUT2D eigenvalue weighted by Gasteiger charge is 2.07. The van der Waals surface area contributed by atoms with Gasteiger partial charge in [0.2, 0.25) is 0 Å². The van der Waals surface area contributed by atoms with Crippen molar-refractivity contribution in [3.8, 4) is 17.2 Å². The molecule has 3 N–H and O–H groups in total. The Bertz CT molecular complexity index is 644. The summed E-state index contributed by atoms with van der Waals surface area (Å²) in [6.07, 6.45) is 2.60. The molecule has 0 heterocycles. The van der Waals surface area contributed by atoms with E-state index in [0.29, 0.717) is 5.56 Å². The Morgan fingerprint density at radius 3 is 2.42 bits per heavy atom. The first-order valence-electron chi connectivity index (χ1n) is 5.60. The molecule has 0 saturated heterocycles. The third-order valence-corrected chi connectivity index (χ3v) is 2.59. The van der Waals surface area contributed by atoms with Gasteiger partial charge < -0.3 is 15.3 Å². The molecule has 0 unspecified atom stereocenters. The summed E-state index contributed by atoms with van der Waals surface area (Å²) in [4.78, 5) is 11.8. The molecule has 0 atom stereocenters. The largest absolute Gasteiger partial charge is 0.508 e. The van der Waals surface area contributed by atoms with Gasteiger partial charge in [-0.15, -0.1) is 0 Å². The smallest absolute Gasteiger partial charge is 0.189 e. The summed E-state index contributed by atoms with van der Waals surface area (Å²) in [6, 6.07) is 10.2. The Labute approximate surface area is 109 Å². The van der Waals surface area contributed by atoms with E-state index in [1.54, 1.807) is 12.1 Å². The number of benzene rings is 2. The average Bonchev–Trinajstić information content (AvgIpc) is 2.40. The molecule has 0 saturated carbocycles. The van der Waals surface area contributed by atoms with Crippen LogP contribution < -0.4 is 0 Å². The second-order valence-corrected chi connectivity index (χ2v) is 3.96. The first-order chi connectivity index (χ1) is 9.08. The monoisotopic (exact) mass is 256 g/mol. The molecular weight excluding hydrogens is 244 g/mol. The lowest BCUT2D eigenvalue weighted by atomic mass is 10.1. The van der Waals surface area contributed by atoms with Crippen molar-refractivity contribution in [2.75, 3.05) is 0 Å². The summed E-state index contributed by atoms with van der Waals surface area (Å²) < 4.78 is 0. The summed E-state index contributed by atoms with van der Waals surface area (Å²) in [5.74, 6) is -0.537. The van der Waals surface area contributed by atoms with E-state index in [-0.39, 0.29) is 28.6 Å². The second kappa shape index (κ2) is 5.27. The van der Waals surface area contributed by atoms with Gasteiger partial charge in [0.25, 0.3) is 0 Å².